The van der Waals surface area contributed by atoms with Gasteiger partial charge in [0.05, 0.1) is 24.4 Å². The van der Waals surface area contributed by atoms with Crippen LogP contribution in [0.25, 0.3) is 0 Å². The molecule has 0 aliphatic carbocycles. The van der Waals surface area contributed by atoms with E-state index in [1.165, 1.54) is 0 Å². The Morgan fingerprint density at radius 2 is 1.66 bits per heavy atom. The lowest BCUT2D eigenvalue weighted by molar-refractivity contribution is -0.122. The third-order valence-corrected chi connectivity index (χ3v) is 5.47. The summed E-state index contributed by atoms with van der Waals surface area (Å²) < 4.78 is 5.31. The summed E-state index contributed by atoms with van der Waals surface area (Å²) in [5, 5.41) is 2.93. The predicted octanol–water partition coefficient (Wildman–Crippen LogP) is 4.93. The summed E-state index contributed by atoms with van der Waals surface area (Å²) in [6.07, 6.45) is 0.213. The average Bonchev–Trinajstić information content (AvgIpc) is 3.09. The number of nitrogens with one attached hydrogen (secondary N) is 1. The highest BCUT2D eigenvalue weighted by Crippen LogP contribution is 2.38. The van der Waals surface area contributed by atoms with Gasteiger partial charge in [0.1, 0.15) is 5.75 Å². The second-order valence-corrected chi connectivity index (χ2v) is 8.19. The largest absolute Gasteiger partial charge is 0.495 e. The number of carbonyl (C=O) groups is 2. The molecule has 3 rings (SSSR count). The van der Waals surface area contributed by atoms with E-state index in [9.17, 15) is 9.59 Å². The van der Waals surface area contributed by atoms with E-state index in [1.54, 1.807) is 19.2 Å². The third-order valence-electron chi connectivity index (χ3n) is 5.47. The van der Waals surface area contributed by atoms with Crippen molar-refractivity contribution >= 4 is 23.2 Å². The van der Waals surface area contributed by atoms with Crippen LogP contribution in [0.3, 0.4) is 0 Å². The summed E-state index contributed by atoms with van der Waals surface area (Å²) in [6, 6.07) is 13.5. The Morgan fingerprint density at radius 1 is 1.03 bits per heavy atom. The number of ether oxygens (including phenoxy) is 1. The van der Waals surface area contributed by atoms with E-state index >= 15 is 0 Å². The lowest BCUT2D eigenvalue weighted by Gasteiger charge is -2.27. The molecule has 2 aromatic carbocycles. The van der Waals surface area contributed by atoms with Gasteiger partial charge in [0, 0.05) is 13.0 Å². The highest BCUT2D eigenvalue weighted by atomic mass is 16.5. The summed E-state index contributed by atoms with van der Waals surface area (Å²) in [5.41, 5.74) is 3.90. The van der Waals surface area contributed by atoms with Crippen LogP contribution in [0.15, 0.2) is 42.5 Å². The molecule has 1 saturated heterocycles. The fourth-order valence-corrected chi connectivity index (χ4v) is 3.91. The molecule has 1 atom stereocenters. The SMILES string of the molecule is COc1ccccc1NC(=O)C1CC(=O)N(c2c(C(C)C)cccc2C(C)C)C1. The molecular formula is C24H30N2O3. The van der Waals surface area contributed by atoms with E-state index in [2.05, 4.69) is 51.2 Å². The number of rotatable bonds is 6. The predicted molar refractivity (Wildman–Crippen MR) is 117 cm³/mol. The lowest BCUT2D eigenvalue weighted by Crippen LogP contribution is -2.30. The molecule has 5 heteroatoms. The van der Waals surface area contributed by atoms with Crippen molar-refractivity contribution < 1.29 is 14.3 Å². The molecule has 1 N–H and O–H groups in total. The van der Waals surface area contributed by atoms with Crippen molar-refractivity contribution in [3.8, 4) is 5.75 Å². The van der Waals surface area contributed by atoms with Gasteiger partial charge in [-0.2, -0.15) is 0 Å². The van der Waals surface area contributed by atoms with Crippen LogP contribution in [0.1, 0.15) is 57.1 Å². The minimum Gasteiger partial charge on any atom is -0.495 e. The van der Waals surface area contributed by atoms with Gasteiger partial charge in [-0.25, -0.2) is 0 Å². The second kappa shape index (κ2) is 8.68. The number of methoxy groups -OCH3 is 1. The van der Waals surface area contributed by atoms with Crippen molar-refractivity contribution in [1.29, 1.82) is 0 Å². The van der Waals surface area contributed by atoms with Crippen LogP contribution in [0.2, 0.25) is 0 Å². The van der Waals surface area contributed by atoms with E-state index in [1.807, 2.05) is 17.0 Å². The van der Waals surface area contributed by atoms with Crippen molar-refractivity contribution in [1.82, 2.24) is 0 Å². The number of para-hydroxylation sites is 3. The molecule has 0 saturated carbocycles. The average molecular weight is 395 g/mol. The third kappa shape index (κ3) is 4.29. The van der Waals surface area contributed by atoms with Gasteiger partial charge in [-0.15, -0.1) is 0 Å². The van der Waals surface area contributed by atoms with Crippen LogP contribution in [-0.4, -0.2) is 25.5 Å². The van der Waals surface area contributed by atoms with Crippen LogP contribution < -0.4 is 15.0 Å². The Bertz CT molecular complexity index is 878. The highest BCUT2D eigenvalue weighted by molar-refractivity contribution is 6.04. The van der Waals surface area contributed by atoms with Crippen LogP contribution >= 0.6 is 0 Å². The number of hydrogen-bond donors (Lipinski definition) is 1. The first-order chi connectivity index (χ1) is 13.8. The minimum atomic E-state index is -0.396. The molecule has 1 unspecified atom stereocenters. The molecule has 0 spiro atoms. The summed E-state index contributed by atoms with van der Waals surface area (Å²) in [4.78, 5) is 27.6. The molecule has 29 heavy (non-hydrogen) atoms. The molecule has 1 aliphatic rings. The van der Waals surface area contributed by atoms with E-state index < -0.39 is 5.92 Å². The zero-order chi connectivity index (χ0) is 21.1. The molecule has 1 fully saturated rings. The molecule has 0 radical (unpaired) electrons. The Hall–Kier alpha value is -2.82. The summed E-state index contributed by atoms with van der Waals surface area (Å²) in [6.45, 7) is 8.93. The zero-order valence-electron chi connectivity index (χ0n) is 17.9. The summed E-state index contributed by atoms with van der Waals surface area (Å²) >= 11 is 0. The molecule has 0 bridgehead atoms. The second-order valence-electron chi connectivity index (χ2n) is 8.19. The van der Waals surface area contributed by atoms with Crippen molar-refractivity contribution in [3.05, 3.63) is 53.6 Å². The molecule has 2 aromatic rings. The highest BCUT2D eigenvalue weighted by Gasteiger charge is 2.37. The molecule has 0 aromatic heterocycles. The van der Waals surface area contributed by atoms with Crippen LogP contribution in [0.4, 0.5) is 11.4 Å². The number of benzene rings is 2. The normalized spacial score (nSPS) is 16.6. The first kappa shape index (κ1) is 20.9. The number of anilines is 2. The van der Waals surface area contributed by atoms with Gasteiger partial charge >= 0.3 is 0 Å². The van der Waals surface area contributed by atoms with Crippen molar-refractivity contribution in [2.24, 2.45) is 5.92 Å². The molecule has 154 valence electrons. The summed E-state index contributed by atoms with van der Waals surface area (Å²) in [5.74, 6) is 0.636. The Balaban J connectivity index is 1.87. The van der Waals surface area contributed by atoms with Gasteiger partial charge in [-0.1, -0.05) is 58.0 Å². The van der Waals surface area contributed by atoms with Crippen LogP contribution in [0, 0.1) is 5.92 Å². The van der Waals surface area contributed by atoms with Gasteiger partial charge in [-0.05, 0) is 35.1 Å². The molecule has 2 amide bonds. The van der Waals surface area contributed by atoms with Gasteiger partial charge in [0.25, 0.3) is 0 Å². The van der Waals surface area contributed by atoms with E-state index in [4.69, 9.17) is 4.74 Å². The fraction of sp³-hybridized carbons (Fsp3) is 0.417. The number of carbonyl (C=O) groups excluding carboxylic acids is 2. The molecular weight excluding hydrogens is 364 g/mol. The number of hydrogen-bond acceptors (Lipinski definition) is 3. The number of amides is 2. The van der Waals surface area contributed by atoms with E-state index in [0.717, 1.165) is 16.8 Å². The van der Waals surface area contributed by atoms with Gasteiger partial charge in [0.15, 0.2) is 0 Å². The quantitative estimate of drug-likeness (QED) is 0.755. The van der Waals surface area contributed by atoms with E-state index in [0.29, 0.717) is 18.0 Å². The monoisotopic (exact) mass is 394 g/mol. The Kier molecular flexibility index (Phi) is 6.26. The molecule has 5 nitrogen and oxygen atoms in total. The zero-order valence-corrected chi connectivity index (χ0v) is 17.9. The topological polar surface area (TPSA) is 58.6 Å². The fourth-order valence-electron chi connectivity index (χ4n) is 3.91. The van der Waals surface area contributed by atoms with Crippen molar-refractivity contribution in [2.75, 3.05) is 23.9 Å². The number of nitrogens with zero attached hydrogens (tertiary/aromatic N) is 1. The Morgan fingerprint density at radius 3 is 2.24 bits per heavy atom. The van der Waals surface area contributed by atoms with Crippen molar-refractivity contribution in [2.45, 2.75) is 46.0 Å². The summed E-state index contributed by atoms with van der Waals surface area (Å²) in [7, 11) is 1.57. The van der Waals surface area contributed by atoms with Gasteiger partial charge in [-0.3, -0.25) is 9.59 Å². The first-order valence-corrected chi connectivity index (χ1v) is 10.2. The first-order valence-electron chi connectivity index (χ1n) is 10.2. The van der Waals surface area contributed by atoms with Crippen LogP contribution in [-0.2, 0) is 9.59 Å². The van der Waals surface area contributed by atoms with Crippen LogP contribution in [0.5, 0.6) is 5.75 Å². The minimum absolute atomic E-state index is 0.000164. The van der Waals surface area contributed by atoms with Gasteiger partial charge < -0.3 is 15.0 Å². The van der Waals surface area contributed by atoms with E-state index in [-0.39, 0.29) is 30.1 Å². The van der Waals surface area contributed by atoms with Crippen molar-refractivity contribution in [3.63, 3.8) is 0 Å². The maximum absolute atomic E-state index is 12.9. The molecule has 1 aliphatic heterocycles. The maximum atomic E-state index is 12.9. The smallest absolute Gasteiger partial charge is 0.229 e. The standard InChI is InChI=1S/C24H30N2O3/c1-15(2)18-9-8-10-19(16(3)4)23(18)26-14-17(13-22(26)27)24(28)25-20-11-6-7-12-21(20)29-5/h6-12,15-17H,13-14H2,1-5H3,(H,25,28). The van der Waals surface area contributed by atoms with Gasteiger partial charge in [0.2, 0.25) is 11.8 Å². The Labute approximate surface area is 173 Å². The maximum Gasteiger partial charge on any atom is 0.229 e. The molecule has 1 heterocycles. The lowest BCUT2D eigenvalue weighted by atomic mass is 9.92.